The Hall–Kier alpha value is -2.08. The van der Waals surface area contributed by atoms with Gasteiger partial charge in [0.2, 0.25) is 0 Å². The van der Waals surface area contributed by atoms with E-state index in [4.69, 9.17) is 4.74 Å². The first-order valence-electron chi connectivity index (χ1n) is 7.43. The molecule has 0 aliphatic heterocycles. The number of nitrogens with one attached hydrogen (secondary N) is 3. The number of carbonyl (C=O) groups excluding carboxylic acids is 2. The maximum absolute atomic E-state index is 12.0. The summed E-state index contributed by atoms with van der Waals surface area (Å²) >= 11 is 0. The molecule has 1 rings (SSSR count). The fourth-order valence-electron chi connectivity index (χ4n) is 1.79. The zero-order valence-corrected chi connectivity index (χ0v) is 13.7. The lowest BCUT2D eigenvalue weighted by Crippen LogP contribution is -2.32. The van der Waals surface area contributed by atoms with Crippen LogP contribution in [0.4, 0.5) is 10.5 Å². The van der Waals surface area contributed by atoms with E-state index in [1.165, 1.54) is 0 Å². The van der Waals surface area contributed by atoms with E-state index >= 15 is 0 Å². The highest BCUT2D eigenvalue weighted by atomic mass is 16.5. The van der Waals surface area contributed by atoms with E-state index in [0.29, 0.717) is 24.4 Å². The van der Waals surface area contributed by atoms with E-state index < -0.39 is 0 Å². The molecule has 0 aliphatic rings. The van der Waals surface area contributed by atoms with Crippen LogP contribution in [0, 0.1) is 6.92 Å². The molecule has 0 heterocycles. The average molecular weight is 307 g/mol. The monoisotopic (exact) mass is 307 g/mol. The number of amides is 3. The van der Waals surface area contributed by atoms with Crippen molar-refractivity contribution in [2.75, 3.05) is 25.6 Å². The maximum atomic E-state index is 12.0. The van der Waals surface area contributed by atoms with Gasteiger partial charge < -0.3 is 20.7 Å². The third-order valence-corrected chi connectivity index (χ3v) is 3.32. The third kappa shape index (κ3) is 5.73. The second kappa shape index (κ2) is 9.04. The molecule has 122 valence electrons. The fourth-order valence-corrected chi connectivity index (χ4v) is 1.79. The Kier molecular flexibility index (Phi) is 7.39. The van der Waals surface area contributed by atoms with Crippen molar-refractivity contribution in [3.8, 4) is 0 Å². The molecular weight excluding hydrogens is 282 g/mol. The lowest BCUT2D eigenvalue weighted by Gasteiger charge is -2.13. The molecule has 1 aromatic rings. The van der Waals surface area contributed by atoms with Gasteiger partial charge in [0.25, 0.3) is 5.91 Å². The molecule has 6 nitrogen and oxygen atoms in total. The summed E-state index contributed by atoms with van der Waals surface area (Å²) in [6, 6.07) is 5.04. The van der Waals surface area contributed by atoms with Crippen molar-refractivity contribution >= 4 is 17.6 Å². The van der Waals surface area contributed by atoms with Gasteiger partial charge in [-0.25, -0.2) is 4.79 Å². The van der Waals surface area contributed by atoms with Crippen LogP contribution in [-0.2, 0) is 4.74 Å². The summed E-state index contributed by atoms with van der Waals surface area (Å²) in [5.41, 5.74) is 2.09. The normalized spacial score (nSPS) is 11.6. The van der Waals surface area contributed by atoms with E-state index in [9.17, 15) is 9.59 Å². The Bertz CT molecular complexity index is 517. The molecule has 0 aliphatic carbocycles. The van der Waals surface area contributed by atoms with Gasteiger partial charge in [-0.05, 0) is 44.0 Å². The van der Waals surface area contributed by atoms with Crippen molar-refractivity contribution < 1.29 is 14.3 Å². The van der Waals surface area contributed by atoms with Gasteiger partial charge >= 0.3 is 6.03 Å². The van der Waals surface area contributed by atoms with Crippen LogP contribution in [0.2, 0.25) is 0 Å². The van der Waals surface area contributed by atoms with Gasteiger partial charge in [-0.15, -0.1) is 0 Å². The summed E-state index contributed by atoms with van der Waals surface area (Å²) in [6.07, 6.45) is 0.881. The van der Waals surface area contributed by atoms with Crippen LogP contribution in [0.1, 0.15) is 36.2 Å². The van der Waals surface area contributed by atoms with Crippen LogP contribution < -0.4 is 16.0 Å². The molecule has 0 fully saturated rings. The third-order valence-electron chi connectivity index (χ3n) is 3.32. The fraction of sp³-hybridized carbons (Fsp3) is 0.500. The van der Waals surface area contributed by atoms with Gasteiger partial charge in [-0.2, -0.15) is 0 Å². The van der Waals surface area contributed by atoms with Crippen LogP contribution in [0.15, 0.2) is 18.2 Å². The maximum Gasteiger partial charge on any atom is 0.319 e. The number of carbonyl (C=O) groups is 2. The Morgan fingerprint density at radius 1 is 1.32 bits per heavy atom. The summed E-state index contributed by atoms with van der Waals surface area (Å²) in [7, 11) is 1.58. The molecule has 0 unspecified atom stereocenters. The molecular formula is C16H25N3O3. The minimum Gasteiger partial charge on any atom is -0.383 e. The minimum atomic E-state index is -0.294. The molecule has 6 heteroatoms. The van der Waals surface area contributed by atoms with Crippen LogP contribution in [0.5, 0.6) is 0 Å². The van der Waals surface area contributed by atoms with Crippen LogP contribution in [0.25, 0.3) is 0 Å². The molecule has 0 aromatic heterocycles. The summed E-state index contributed by atoms with van der Waals surface area (Å²) in [5.74, 6) is -0.103. The van der Waals surface area contributed by atoms with Crippen LogP contribution in [0.3, 0.4) is 0 Å². The Balaban J connectivity index is 2.65. The summed E-state index contributed by atoms with van der Waals surface area (Å²) in [4.78, 5) is 23.7. The number of ether oxygens (including phenoxy) is 1. The zero-order valence-electron chi connectivity index (χ0n) is 13.7. The van der Waals surface area contributed by atoms with E-state index in [0.717, 1.165) is 12.0 Å². The number of benzene rings is 1. The number of rotatable bonds is 7. The number of hydrogen-bond acceptors (Lipinski definition) is 3. The van der Waals surface area contributed by atoms with Crippen molar-refractivity contribution in [1.29, 1.82) is 0 Å². The quantitative estimate of drug-likeness (QED) is 0.676. The number of aryl methyl sites for hydroxylation is 1. The first-order valence-corrected chi connectivity index (χ1v) is 7.43. The van der Waals surface area contributed by atoms with Gasteiger partial charge in [0.1, 0.15) is 0 Å². The Labute approximate surface area is 131 Å². The summed E-state index contributed by atoms with van der Waals surface area (Å²) in [5, 5.41) is 8.34. The smallest absolute Gasteiger partial charge is 0.319 e. The van der Waals surface area contributed by atoms with E-state index in [2.05, 4.69) is 16.0 Å². The predicted octanol–water partition coefficient (Wildman–Crippen LogP) is 2.29. The molecule has 22 heavy (non-hydrogen) atoms. The first-order chi connectivity index (χ1) is 10.5. The van der Waals surface area contributed by atoms with E-state index in [1.807, 2.05) is 20.8 Å². The summed E-state index contributed by atoms with van der Waals surface area (Å²) in [6.45, 7) is 6.74. The predicted molar refractivity (Wildman–Crippen MR) is 87.3 cm³/mol. The second-order valence-corrected chi connectivity index (χ2v) is 5.19. The molecule has 0 bridgehead atoms. The molecule has 3 N–H and O–H groups in total. The van der Waals surface area contributed by atoms with Crippen molar-refractivity contribution in [2.45, 2.75) is 33.2 Å². The largest absolute Gasteiger partial charge is 0.383 e. The van der Waals surface area contributed by atoms with Gasteiger partial charge in [-0.3, -0.25) is 4.79 Å². The van der Waals surface area contributed by atoms with Gasteiger partial charge in [0.15, 0.2) is 0 Å². The molecule has 0 spiro atoms. The standard InChI is InChI=1S/C16H25N3O3/c1-5-12(3)18-15(20)13-6-7-14(11(2)10-13)19-16(21)17-8-9-22-4/h6-7,10,12H,5,8-9H2,1-4H3,(H,18,20)(H2,17,19,21)/t12-/m0/s1. The zero-order chi connectivity index (χ0) is 16.5. The number of methoxy groups -OCH3 is 1. The first kappa shape index (κ1) is 18.0. The Morgan fingerprint density at radius 2 is 2.05 bits per heavy atom. The van der Waals surface area contributed by atoms with Crippen molar-refractivity contribution in [3.05, 3.63) is 29.3 Å². The van der Waals surface area contributed by atoms with Gasteiger partial charge in [0.05, 0.1) is 6.61 Å². The summed E-state index contributed by atoms with van der Waals surface area (Å²) < 4.78 is 4.86. The molecule has 0 radical (unpaired) electrons. The molecule has 0 saturated carbocycles. The highest BCUT2D eigenvalue weighted by molar-refractivity contribution is 5.96. The van der Waals surface area contributed by atoms with Gasteiger partial charge in [0, 0.05) is 30.9 Å². The number of anilines is 1. The highest BCUT2D eigenvalue weighted by Crippen LogP contribution is 2.16. The number of hydrogen-bond donors (Lipinski definition) is 3. The molecule has 3 amide bonds. The van der Waals surface area contributed by atoms with Crippen molar-refractivity contribution in [3.63, 3.8) is 0 Å². The van der Waals surface area contributed by atoms with Crippen molar-refractivity contribution in [1.82, 2.24) is 10.6 Å². The highest BCUT2D eigenvalue weighted by Gasteiger charge is 2.11. The van der Waals surface area contributed by atoms with E-state index in [1.54, 1.807) is 25.3 Å². The van der Waals surface area contributed by atoms with Crippen LogP contribution >= 0.6 is 0 Å². The lowest BCUT2D eigenvalue weighted by atomic mass is 10.1. The second-order valence-electron chi connectivity index (χ2n) is 5.19. The van der Waals surface area contributed by atoms with Gasteiger partial charge in [-0.1, -0.05) is 6.92 Å². The van der Waals surface area contributed by atoms with Crippen molar-refractivity contribution in [2.24, 2.45) is 0 Å². The SMILES string of the molecule is CC[C@H](C)NC(=O)c1ccc(NC(=O)NCCOC)c(C)c1. The van der Waals surface area contributed by atoms with E-state index in [-0.39, 0.29) is 18.0 Å². The van der Waals surface area contributed by atoms with Crippen LogP contribution in [-0.4, -0.2) is 38.2 Å². The Morgan fingerprint density at radius 3 is 2.64 bits per heavy atom. The number of urea groups is 1. The topological polar surface area (TPSA) is 79.5 Å². The molecule has 0 saturated heterocycles. The lowest BCUT2D eigenvalue weighted by molar-refractivity contribution is 0.0939. The molecule has 1 atom stereocenters. The minimum absolute atomic E-state index is 0.103. The molecule has 1 aromatic carbocycles. The average Bonchev–Trinajstić information content (AvgIpc) is 2.49.